The molecule has 0 aromatic heterocycles. The summed E-state index contributed by atoms with van der Waals surface area (Å²) in [5, 5.41) is 11.9. The van der Waals surface area contributed by atoms with Gasteiger partial charge in [-0.1, -0.05) is 6.42 Å². The highest BCUT2D eigenvalue weighted by atomic mass is 16.3. The molecule has 108 valence electrons. The van der Waals surface area contributed by atoms with Gasteiger partial charge in [0, 0.05) is 30.9 Å². The second-order valence-corrected chi connectivity index (χ2v) is 5.97. The van der Waals surface area contributed by atoms with Gasteiger partial charge in [-0.25, -0.2) is 0 Å². The lowest BCUT2D eigenvalue weighted by atomic mass is 10.1. The highest BCUT2D eigenvalue weighted by Gasteiger charge is 2.56. The van der Waals surface area contributed by atoms with Crippen molar-refractivity contribution in [1.29, 1.82) is 0 Å². The second kappa shape index (κ2) is 5.44. The molecule has 1 amide bonds. The Balaban J connectivity index is 1.57. The summed E-state index contributed by atoms with van der Waals surface area (Å²) in [5.74, 6) is 1.77. The van der Waals surface area contributed by atoms with Gasteiger partial charge in [-0.2, -0.15) is 0 Å². The van der Waals surface area contributed by atoms with Gasteiger partial charge in [0.2, 0.25) is 5.91 Å². The first-order valence-corrected chi connectivity index (χ1v) is 7.43. The average molecular weight is 274 g/mol. The van der Waals surface area contributed by atoms with Gasteiger partial charge >= 0.3 is 0 Å². The van der Waals surface area contributed by atoms with Gasteiger partial charge in [-0.15, -0.1) is 0 Å². The van der Waals surface area contributed by atoms with Crippen molar-refractivity contribution in [3.63, 3.8) is 0 Å². The number of rotatable bonds is 5. The molecular formula is C16H22N2O2. The third-order valence-corrected chi connectivity index (χ3v) is 4.72. The van der Waals surface area contributed by atoms with Crippen molar-refractivity contribution in [2.45, 2.75) is 19.3 Å². The minimum absolute atomic E-state index is 0.138. The number of aliphatic hydroxyl groups is 1. The number of nitrogens with one attached hydrogen (secondary N) is 1. The number of amides is 1. The maximum atomic E-state index is 12.2. The van der Waals surface area contributed by atoms with Crippen molar-refractivity contribution < 1.29 is 9.90 Å². The van der Waals surface area contributed by atoms with Crippen molar-refractivity contribution in [3.8, 4) is 0 Å². The van der Waals surface area contributed by atoms with Gasteiger partial charge in [-0.3, -0.25) is 4.79 Å². The number of likely N-dealkylation sites (N-methyl/N-ethyl adjacent to an activating group) is 1. The number of aliphatic hydroxyl groups excluding tert-OH is 1. The Kier molecular flexibility index (Phi) is 3.66. The van der Waals surface area contributed by atoms with Crippen LogP contribution < -0.4 is 10.2 Å². The predicted octanol–water partition coefficient (Wildman–Crippen LogP) is 2.10. The molecule has 4 heteroatoms. The van der Waals surface area contributed by atoms with E-state index >= 15 is 0 Å². The maximum Gasteiger partial charge on any atom is 0.228 e. The minimum atomic E-state index is 0.138. The van der Waals surface area contributed by atoms with Crippen LogP contribution in [0.15, 0.2) is 24.3 Å². The second-order valence-electron chi connectivity index (χ2n) is 5.97. The van der Waals surface area contributed by atoms with Gasteiger partial charge in [0.25, 0.3) is 0 Å². The lowest BCUT2D eigenvalue weighted by Gasteiger charge is -2.18. The van der Waals surface area contributed by atoms with E-state index in [1.807, 2.05) is 36.2 Å². The Morgan fingerprint density at radius 3 is 2.55 bits per heavy atom. The van der Waals surface area contributed by atoms with Crippen molar-refractivity contribution >= 4 is 17.3 Å². The Morgan fingerprint density at radius 1 is 1.30 bits per heavy atom. The van der Waals surface area contributed by atoms with E-state index in [1.54, 1.807) is 0 Å². The van der Waals surface area contributed by atoms with Gasteiger partial charge in [0.05, 0.1) is 6.61 Å². The van der Waals surface area contributed by atoms with Crippen LogP contribution in [-0.4, -0.2) is 31.2 Å². The van der Waals surface area contributed by atoms with E-state index in [0.717, 1.165) is 11.4 Å². The first kappa shape index (κ1) is 13.4. The lowest BCUT2D eigenvalue weighted by Crippen LogP contribution is -2.21. The summed E-state index contributed by atoms with van der Waals surface area (Å²) in [7, 11) is 1.94. The number of hydrogen-bond donors (Lipinski definition) is 2. The predicted molar refractivity (Wildman–Crippen MR) is 79.7 cm³/mol. The molecule has 2 aliphatic carbocycles. The van der Waals surface area contributed by atoms with Crippen molar-refractivity contribution in [1.82, 2.24) is 0 Å². The number of fused-ring (bicyclic) bond motifs is 1. The van der Waals surface area contributed by atoms with E-state index in [-0.39, 0.29) is 18.4 Å². The van der Waals surface area contributed by atoms with Crippen molar-refractivity contribution in [2.75, 3.05) is 30.4 Å². The van der Waals surface area contributed by atoms with E-state index in [1.165, 1.54) is 19.3 Å². The zero-order valence-electron chi connectivity index (χ0n) is 11.9. The van der Waals surface area contributed by atoms with E-state index < -0.39 is 0 Å². The maximum absolute atomic E-state index is 12.2. The van der Waals surface area contributed by atoms with E-state index in [9.17, 15) is 4.79 Å². The summed E-state index contributed by atoms with van der Waals surface area (Å²) in [6.07, 6.45) is 3.76. The molecule has 2 atom stereocenters. The number of hydrogen-bond acceptors (Lipinski definition) is 3. The average Bonchev–Trinajstić information content (AvgIpc) is 2.94. The SMILES string of the molecule is CN(CCO)c1ccc(NC(=O)C2C3CCCC32)cc1. The van der Waals surface area contributed by atoms with Crippen LogP contribution in [0.4, 0.5) is 11.4 Å². The fraction of sp³-hybridized carbons (Fsp3) is 0.562. The summed E-state index contributed by atoms with van der Waals surface area (Å²) in [5.41, 5.74) is 1.90. The standard InChI is InChI=1S/C16H22N2O2/c1-18(9-10-19)12-7-5-11(6-8-12)17-16(20)15-13-3-2-4-14(13)15/h5-8,13-15,19H,2-4,9-10H2,1H3,(H,17,20). The molecule has 1 aromatic rings. The number of carbonyl (C=O) groups is 1. The molecule has 2 unspecified atom stereocenters. The summed E-state index contributed by atoms with van der Waals surface area (Å²) in [6.45, 7) is 0.747. The van der Waals surface area contributed by atoms with E-state index in [4.69, 9.17) is 5.11 Å². The Bertz CT molecular complexity index is 476. The highest BCUT2D eigenvalue weighted by molar-refractivity contribution is 5.95. The summed E-state index contributed by atoms with van der Waals surface area (Å²) in [4.78, 5) is 14.1. The molecule has 1 aromatic carbocycles. The molecule has 3 rings (SSSR count). The molecular weight excluding hydrogens is 252 g/mol. The van der Waals surface area contributed by atoms with Crippen molar-refractivity contribution in [3.05, 3.63) is 24.3 Å². The fourth-order valence-corrected chi connectivity index (χ4v) is 3.51. The molecule has 2 fully saturated rings. The molecule has 0 heterocycles. The number of carbonyl (C=O) groups excluding carboxylic acids is 1. The largest absolute Gasteiger partial charge is 0.395 e. The van der Waals surface area contributed by atoms with E-state index in [2.05, 4.69) is 5.32 Å². The topological polar surface area (TPSA) is 52.6 Å². The molecule has 2 saturated carbocycles. The Labute approximate surface area is 119 Å². The highest BCUT2D eigenvalue weighted by Crippen LogP contribution is 2.57. The van der Waals surface area contributed by atoms with Gasteiger partial charge < -0.3 is 15.3 Å². The zero-order valence-corrected chi connectivity index (χ0v) is 11.9. The zero-order chi connectivity index (χ0) is 14.1. The summed E-state index contributed by atoms with van der Waals surface area (Å²) >= 11 is 0. The van der Waals surface area contributed by atoms with Crippen LogP contribution in [-0.2, 0) is 4.79 Å². The van der Waals surface area contributed by atoms with E-state index in [0.29, 0.717) is 18.4 Å². The van der Waals surface area contributed by atoms with Gasteiger partial charge in [0.15, 0.2) is 0 Å². The van der Waals surface area contributed by atoms with Crippen LogP contribution in [0.3, 0.4) is 0 Å². The monoisotopic (exact) mass is 274 g/mol. The third kappa shape index (κ3) is 2.52. The lowest BCUT2D eigenvalue weighted by molar-refractivity contribution is -0.118. The molecule has 0 spiro atoms. The Hall–Kier alpha value is -1.55. The van der Waals surface area contributed by atoms with Gasteiger partial charge in [0.1, 0.15) is 0 Å². The smallest absolute Gasteiger partial charge is 0.228 e. The van der Waals surface area contributed by atoms with Crippen LogP contribution in [0.2, 0.25) is 0 Å². The number of benzene rings is 1. The third-order valence-electron chi connectivity index (χ3n) is 4.72. The van der Waals surface area contributed by atoms with Gasteiger partial charge in [-0.05, 0) is 48.9 Å². The van der Waals surface area contributed by atoms with Crippen molar-refractivity contribution in [2.24, 2.45) is 17.8 Å². The molecule has 4 nitrogen and oxygen atoms in total. The normalized spacial score (nSPS) is 27.0. The molecule has 2 aliphatic rings. The van der Waals surface area contributed by atoms with Crippen LogP contribution in [0.25, 0.3) is 0 Å². The summed E-state index contributed by atoms with van der Waals surface area (Å²) < 4.78 is 0. The summed E-state index contributed by atoms with van der Waals surface area (Å²) in [6, 6.07) is 7.80. The molecule has 0 saturated heterocycles. The number of anilines is 2. The van der Waals surface area contributed by atoms with Crippen LogP contribution in [0.5, 0.6) is 0 Å². The molecule has 20 heavy (non-hydrogen) atoms. The van der Waals surface area contributed by atoms with Crippen LogP contribution in [0.1, 0.15) is 19.3 Å². The molecule has 0 radical (unpaired) electrons. The molecule has 2 N–H and O–H groups in total. The minimum Gasteiger partial charge on any atom is -0.395 e. The fourth-order valence-electron chi connectivity index (χ4n) is 3.51. The van der Waals surface area contributed by atoms with Crippen LogP contribution >= 0.6 is 0 Å². The number of nitrogens with zero attached hydrogens (tertiary/aromatic N) is 1. The first-order valence-electron chi connectivity index (χ1n) is 7.43. The van der Waals surface area contributed by atoms with Crippen LogP contribution in [0, 0.1) is 17.8 Å². The molecule has 0 bridgehead atoms. The Morgan fingerprint density at radius 2 is 1.95 bits per heavy atom. The first-order chi connectivity index (χ1) is 9.70. The molecule has 0 aliphatic heterocycles. The quantitative estimate of drug-likeness (QED) is 0.864.